The Balaban J connectivity index is 1.68. The molecule has 1 aromatic carbocycles. The molecule has 9 nitrogen and oxygen atoms in total. The average Bonchev–Trinajstić information content (AvgIpc) is 2.77. The van der Waals surface area contributed by atoms with Gasteiger partial charge in [0.1, 0.15) is 0 Å². The topological polar surface area (TPSA) is 109 Å². The lowest BCUT2D eigenvalue weighted by atomic mass is 10.2. The fourth-order valence-electron chi connectivity index (χ4n) is 3.15. The SMILES string of the molecule is COc1cc(CNC(=O)c2cccc(S(=O)(=O)N3CCN(C(C)=O)CC3)c2)ccn1. The van der Waals surface area contributed by atoms with Crippen molar-refractivity contribution in [2.75, 3.05) is 33.3 Å². The predicted octanol–water partition coefficient (Wildman–Crippen LogP) is 0.873. The number of carbonyl (C=O) groups excluding carboxylic acids is 2. The number of hydrogen-bond acceptors (Lipinski definition) is 6. The number of hydrogen-bond donors (Lipinski definition) is 1. The summed E-state index contributed by atoms with van der Waals surface area (Å²) < 4.78 is 32.3. The molecule has 1 aliphatic rings. The summed E-state index contributed by atoms with van der Waals surface area (Å²) in [5.41, 5.74) is 1.06. The molecule has 0 radical (unpaired) electrons. The summed E-state index contributed by atoms with van der Waals surface area (Å²) in [6.07, 6.45) is 1.58. The summed E-state index contributed by atoms with van der Waals surface area (Å²) in [5.74, 6) is -0.0125. The molecule has 0 unspecified atom stereocenters. The summed E-state index contributed by atoms with van der Waals surface area (Å²) in [5, 5.41) is 2.77. The van der Waals surface area contributed by atoms with Crippen molar-refractivity contribution in [1.82, 2.24) is 19.5 Å². The monoisotopic (exact) mass is 432 g/mol. The van der Waals surface area contributed by atoms with Gasteiger partial charge in [-0.1, -0.05) is 6.07 Å². The number of nitrogens with zero attached hydrogens (tertiary/aromatic N) is 3. The third-order valence-electron chi connectivity index (χ3n) is 4.88. The van der Waals surface area contributed by atoms with Crippen LogP contribution in [0.5, 0.6) is 5.88 Å². The molecule has 2 heterocycles. The summed E-state index contributed by atoms with van der Waals surface area (Å²) in [6.45, 7) is 2.87. The van der Waals surface area contributed by atoms with Gasteiger partial charge in [-0.05, 0) is 29.8 Å². The fraction of sp³-hybridized carbons (Fsp3) is 0.350. The minimum absolute atomic E-state index is 0.0528. The molecule has 0 bridgehead atoms. The maximum Gasteiger partial charge on any atom is 0.251 e. The van der Waals surface area contributed by atoms with Crippen LogP contribution in [0.15, 0.2) is 47.5 Å². The highest BCUT2D eigenvalue weighted by molar-refractivity contribution is 7.89. The number of piperazine rings is 1. The standard InChI is InChI=1S/C20H24N4O5S/c1-15(25)23-8-10-24(11-9-23)30(27,28)18-5-3-4-17(13-18)20(26)22-14-16-6-7-21-19(12-16)29-2/h3-7,12-13H,8-11,14H2,1-2H3,(H,22,26). The van der Waals surface area contributed by atoms with E-state index in [1.54, 1.807) is 35.4 Å². The first kappa shape index (κ1) is 21.7. The number of benzene rings is 1. The summed E-state index contributed by atoms with van der Waals surface area (Å²) in [7, 11) is -2.24. The van der Waals surface area contributed by atoms with Crippen LogP contribution in [0, 0.1) is 0 Å². The van der Waals surface area contributed by atoms with E-state index in [-0.39, 0.29) is 41.9 Å². The van der Waals surface area contributed by atoms with Crippen LogP contribution in [0.4, 0.5) is 0 Å². The normalized spacial score (nSPS) is 14.9. The van der Waals surface area contributed by atoms with Crippen molar-refractivity contribution in [3.05, 3.63) is 53.7 Å². The van der Waals surface area contributed by atoms with Crippen molar-refractivity contribution in [2.24, 2.45) is 0 Å². The minimum Gasteiger partial charge on any atom is -0.481 e. The second kappa shape index (κ2) is 9.23. The molecule has 10 heteroatoms. The summed E-state index contributed by atoms with van der Waals surface area (Å²) >= 11 is 0. The Morgan fingerprint density at radius 2 is 1.87 bits per heavy atom. The Kier molecular flexibility index (Phi) is 6.68. The molecular weight excluding hydrogens is 408 g/mol. The van der Waals surface area contributed by atoms with Crippen LogP contribution >= 0.6 is 0 Å². The number of aromatic nitrogens is 1. The van der Waals surface area contributed by atoms with Crippen molar-refractivity contribution < 1.29 is 22.7 Å². The first-order valence-electron chi connectivity index (χ1n) is 9.44. The average molecular weight is 433 g/mol. The van der Waals surface area contributed by atoms with E-state index in [1.807, 2.05) is 0 Å². The zero-order valence-corrected chi connectivity index (χ0v) is 17.7. The largest absolute Gasteiger partial charge is 0.481 e. The molecule has 0 aliphatic carbocycles. The van der Waals surface area contributed by atoms with Gasteiger partial charge in [-0.15, -0.1) is 0 Å². The van der Waals surface area contributed by atoms with Gasteiger partial charge < -0.3 is 15.0 Å². The molecule has 1 N–H and O–H groups in total. The number of sulfonamides is 1. The van der Waals surface area contributed by atoms with Crippen molar-refractivity contribution >= 4 is 21.8 Å². The minimum atomic E-state index is -3.75. The Labute approximate surface area is 175 Å². The van der Waals surface area contributed by atoms with Gasteiger partial charge >= 0.3 is 0 Å². The summed E-state index contributed by atoms with van der Waals surface area (Å²) in [4.78, 5) is 29.7. The third kappa shape index (κ3) is 4.95. The molecule has 0 atom stereocenters. The van der Waals surface area contributed by atoms with E-state index in [4.69, 9.17) is 4.74 Å². The van der Waals surface area contributed by atoms with E-state index in [9.17, 15) is 18.0 Å². The Hall–Kier alpha value is -2.98. The lowest BCUT2D eigenvalue weighted by Gasteiger charge is -2.33. The van der Waals surface area contributed by atoms with E-state index in [1.165, 1.54) is 30.5 Å². The van der Waals surface area contributed by atoms with E-state index >= 15 is 0 Å². The molecule has 2 amide bonds. The van der Waals surface area contributed by atoms with E-state index in [0.717, 1.165) is 5.56 Å². The highest BCUT2D eigenvalue weighted by atomic mass is 32.2. The second-order valence-electron chi connectivity index (χ2n) is 6.83. The quantitative estimate of drug-likeness (QED) is 0.726. The zero-order valence-electron chi connectivity index (χ0n) is 16.9. The van der Waals surface area contributed by atoms with Gasteiger partial charge in [-0.25, -0.2) is 13.4 Å². The molecule has 160 valence electrons. The number of pyridine rings is 1. The van der Waals surface area contributed by atoms with Crippen LogP contribution in [-0.4, -0.2) is 67.7 Å². The molecule has 2 aromatic rings. The van der Waals surface area contributed by atoms with Crippen LogP contribution in [0.1, 0.15) is 22.8 Å². The van der Waals surface area contributed by atoms with Crippen LogP contribution in [-0.2, 0) is 21.4 Å². The van der Waals surface area contributed by atoms with Crippen molar-refractivity contribution in [3.63, 3.8) is 0 Å². The van der Waals surface area contributed by atoms with Gasteiger partial charge in [-0.3, -0.25) is 9.59 Å². The highest BCUT2D eigenvalue weighted by Crippen LogP contribution is 2.19. The van der Waals surface area contributed by atoms with E-state index in [0.29, 0.717) is 19.0 Å². The molecule has 1 fully saturated rings. The molecule has 0 saturated carbocycles. The molecular formula is C20H24N4O5S. The number of rotatable bonds is 6. The number of nitrogens with one attached hydrogen (secondary N) is 1. The van der Waals surface area contributed by atoms with Crippen molar-refractivity contribution in [3.8, 4) is 5.88 Å². The Morgan fingerprint density at radius 3 is 2.53 bits per heavy atom. The maximum absolute atomic E-state index is 13.0. The van der Waals surface area contributed by atoms with Gasteiger partial charge in [0.15, 0.2) is 0 Å². The van der Waals surface area contributed by atoms with Crippen LogP contribution in [0.25, 0.3) is 0 Å². The van der Waals surface area contributed by atoms with Gasteiger partial charge in [0.2, 0.25) is 21.8 Å². The van der Waals surface area contributed by atoms with Crippen molar-refractivity contribution in [1.29, 1.82) is 0 Å². The molecule has 0 spiro atoms. The zero-order chi connectivity index (χ0) is 21.7. The van der Waals surface area contributed by atoms with Crippen LogP contribution in [0.2, 0.25) is 0 Å². The number of amides is 2. The van der Waals surface area contributed by atoms with E-state index in [2.05, 4.69) is 10.3 Å². The molecule has 3 rings (SSSR count). The third-order valence-corrected chi connectivity index (χ3v) is 6.77. The number of ether oxygens (including phenoxy) is 1. The van der Waals surface area contributed by atoms with Gasteiger partial charge in [0.25, 0.3) is 5.91 Å². The highest BCUT2D eigenvalue weighted by Gasteiger charge is 2.29. The summed E-state index contributed by atoms with van der Waals surface area (Å²) in [6, 6.07) is 9.41. The molecule has 30 heavy (non-hydrogen) atoms. The number of carbonyl (C=O) groups is 2. The fourth-order valence-corrected chi connectivity index (χ4v) is 4.62. The van der Waals surface area contributed by atoms with Crippen LogP contribution < -0.4 is 10.1 Å². The van der Waals surface area contributed by atoms with E-state index < -0.39 is 10.0 Å². The number of methoxy groups -OCH3 is 1. The van der Waals surface area contributed by atoms with Gasteiger partial charge in [-0.2, -0.15) is 4.31 Å². The van der Waals surface area contributed by atoms with Gasteiger partial charge in [0, 0.05) is 57.5 Å². The Bertz CT molecular complexity index is 1030. The first-order chi connectivity index (χ1) is 14.3. The first-order valence-corrected chi connectivity index (χ1v) is 10.9. The molecule has 1 saturated heterocycles. The smallest absolute Gasteiger partial charge is 0.251 e. The Morgan fingerprint density at radius 1 is 1.13 bits per heavy atom. The van der Waals surface area contributed by atoms with Crippen molar-refractivity contribution in [2.45, 2.75) is 18.4 Å². The molecule has 1 aromatic heterocycles. The van der Waals surface area contributed by atoms with Crippen LogP contribution in [0.3, 0.4) is 0 Å². The lowest BCUT2D eigenvalue weighted by Crippen LogP contribution is -2.49. The lowest BCUT2D eigenvalue weighted by molar-refractivity contribution is -0.129. The van der Waals surface area contributed by atoms with Gasteiger partial charge in [0.05, 0.1) is 12.0 Å². The predicted molar refractivity (Wildman–Crippen MR) is 109 cm³/mol. The second-order valence-corrected chi connectivity index (χ2v) is 8.77. The maximum atomic E-state index is 13.0. The molecule has 1 aliphatic heterocycles.